The Morgan fingerprint density at radius 3 is 2.60 bits per heavy atom. The molecule has 2 aromatic rings. The molecule has 1 fully saturated rings. The third-order valence-corrected chi connectivity index (χ3v) is 6.26. The van der Waals surface area contributed by atoms with E-state index >= 15 is 0 Å². The zero-order chi connectivity index (χ0) is 21.7. The van der Waals surface area contributed by atoms with Crippen molar-refractivity contribution in [2.24, 2.45) is 0 Å². The van der Waals surface area contributed by atoms with Gasteiger partial charge in [0.2, 0.25) is 0 Å². The standard InChI is InChI=1S/C21H18BrNO5S2/c1-26-16-8-14(15(22)10-17(16)28-12-19(24)27-2)9-18-20(25)23(21(29)30-18)11-13-6-4-3-5-7-13/h3-10H,11-12H2,1-2H3/b18-9-. The first-order valence-corrected chi connectivity index (χ1v) is 10.8. The minimum atomic E-state index is -0.501. The summed E-state index contributed by atoms with van der Waals surface area (Å²) in [5.41, 5.74) is 1.72. The van der Waals surface area contributed by atoms with E-state index in [-0.39, 0.29) is 12.5 Å². The second-order valence-electron chi connectivity index (χ2n) is 6.14. The highest BCUT2D eigenvalue weighted by atomic mass is 79.9. The lowest BCUT2D eigenvalue weighted by molar-refractivity contribution is -0.142. The van der Waals surface area contributed by atoms with Crippen LogP contribution in [0.25, 0.3) is 6.08 Å². The smallest absolute Gasteiger partial charge is 0.343 e. The second-order valence-corrected chi connectivity index (χ2v) is 8.67. The number of amides is 1. The van der Waals surface area contributed by atoms with E-state index in [9.17, 15) is 9.59 Å². The highest BCUT2D eigenvalue weighted by molar-refractivity contribution is 9.10. The van der Waals surface area contributed by atoms with E-state index < -0.39 is 5.97 Å². The van der Waals surface area contributed by atoms with Crippen LogP contribution in [0.15, 0.2) is 51.8 Å². The van der Waals surface area contributed by atoms with Crippen molar-refractivity contribution >= 4 is 62.2 Å². The molecule has 1 heterocycles. The molecule has 0 aromatic heterocycles. The predicted molar refractivity (Wildman–Crippen MR) is 123 cm³/mol. The van der Waals surface area contributed by atoms with Crippen LogP contribution in [0.1, 0.15) is 11.1 Å². The maximum atomic E-state index is 12.9. The van der Waals surface area contributed by atoms with Crippen molar-refractivity contribution in [3.05, 3.63) is 63.0 Å². The summed E-state index contributed by atoms with van der Waals surface area (Å²) >= 11 is 10.1. The Balaban J connectivity index is 1.82. The number of hydrogen-bond donors (Lipinski definition) is 0. The summed E-state index contributed by atoms with van der Waals surface area (Å²) < 4.78 is 16.6. The molecule has 0 bridgehead atoms. The van der Waals surface area contributed by atoms with Crippen LogP contribution >= 0.6 is 39.9 Å². The molecule has 0 atom stereocenters. The van der Waals surface area contributed by atoms with Crippen LogP contribution in [0, 0.1) is 0 Å². The van der Waals surface area contributed by atoms with Gasteiger partial charge in [-0.3, -0.25) is 9.69 Å². The van der Waals surface area contributed by atoms with Crippen molar-refractivity contribution in [1.29, 1.82) is 0 Å². The Labute approximate surface area is 192 Å². The van der Waals surface area contributed by atoms with Gasteiger partial charge in [-0.1, -0.05) is 70.2 Å². The zero-order valence-electron chi connectivity index (χ0n) is 16.2. The van der Waals surface area contributed by atoms with Crippen LogP contribution in [0.4, 0.5) is 0 Å². The summed E-state index contributed by atoms with van der Waals surface area (Å²) in [6.07, 6.45) is 1.75. The number of benzene rings is 2. The molecular weight excluding hydrogens is 490 g/mol. The third kappa shape index (κ3) is 5.21. The van der Waals surface area contributed by atoms with E-state index in [1.54, 1.807) is 23.1 Å². The van der Waals surface area contributed by atoms with Gasteiger partial charge in [0.25, 0.3) is 5.91 Å². The average molecular weight is 508 g/mol. The average Bonchev–Trinajstić information content (AvgIpc) is 3.01. The number of carbonyl (C=O) groups excluding carboxylic acids is 2. The first-order valence-electron chi connectivity index (χ1n) is 8.79. The number of esters is 1. The molecule has 0 unspecified atom stereocenters. The molecule has 1 aliphatic rings. The van der Waals surface area contributed by atoms with Gasteiger partial charge in [0.15, 0.2) is 18.1 Å². The van der Waals surface area contributed by atoms with Gasteiger partial charge in [0.05, 0.1) is 25.7 Å². The van der Waals surface area contributed by atoms with Crippen LogP contribution in [0.3, 0.4) is 0 Å². The van der Waals surface area contributed by atoms with Crippen LogP contribution in [-0.4, -0.2) is 41.9 Å². The lowest BCUT2D eigenvalue weighted by Crippen LogP contribution is -2.27. The molecule has 30 heavy (non-hydrogen) atoms. The Hall–Kier alpha value is -2.36. The number of thiocarbonyl (C=S) groups is 1. The molecule has 1 aliphatic heterocycles. The Kier molecular flexibility index (Phi) is 7.52. The SMILES string of the molecule is COC(=O)COc1cc(Br)c(/C=C2\SC(=S)N(Cc3ccccc3)C2=O)cc1OC. The number of halogens is 1. The highest BCUT2D eigenvalue weighted by Crippen LogP contribution is 2.38. The molecule has 0 spiro atoms. The molecule has 9 heteroatoms. The van der Waals surface area contributed by atoms with Gasteiger partial charge in [-0.15, -0.1) is 0 Å². The molecule has 3 rings (SSSR count). The minimum Gasteiger partial charge on any atom is -0.493 e. The zero-order valence-corrected chi connectivity index (χ0v) is 19.4. The van der Waals surface area contributed by atoms with Crippen molar-refractivity contribution in [2.45, 2.75) is 6.54 Å². The van der Waals surface area contributed by atoms with Crippen LogP contribution in [0.2, 0.25) is 0 Å². The topological polar surface area (TPSA) is 65.1 Å². The van der Waals surface area contributed by atoms with Gasteiger partial charge in [0.1, 0.15) is 4.32 Å². The summed E-state index contributed by atoms with van der Waals surface area (Å²) in [6.45, 7) is 0.185. The molecule has 0 aliphatic carbocycles. The molecule has 0 radical (unpaired) electrons. The number of hydrogen-bond acceptors (Lipinski definition) is 7. The highest BCUT2D eigenvalue weighted by Gasteiger charge is 2.32. The summed E-state index contributed by atoms with van der Waals surface area (Å²) in [4.78, 5) is 26.3. The molecule has 0 N–H and O–H groups in total. The maximum absolute atomic E-state index is 12.9. The molecule has 156 valence electrons. The lowest BCUT2D eigenvalue weighted by atomic mass is 10.1. The molecule has 6 nitrogen and oxygen atoms in total. The number of thioether (sulfide) groups is 1. The normalized spacial score (nSPS) is 14.9. The second kappa shape index (κ2) is 10.1. The summed E-state index contributed by atoms with van der Waals surface area (Å²) in [5, 5.41) is 0. The fraction of sp³-hybridized carbons (Fsp3) is 0.190. The van der Waals surface area contributed by atoms with Gasteiger partial charge in [-0.2, -0.15) is 0 Å². The summed E-state index contributed by atoms with van der Waals surface area (Å²) in [7, 11) is 2.78. The number of carbonyl (C=O) groups is 2. The van der Waals surface area contributed by atoms with E-state index in [1.807, 2.05) is 30.3 Å². The van der Waals surface area contributed by atoms with Gasteiger partial charge < -0.3 is 14.2 Å². The minimum absolute atomic E-state index is 0.147. The number of methoxy groups -OCH3 is 2. The van der Waals surface area contributed by atoms with Gasteiger partial charge >= 0.3 is 5.97 Å². The van der Waals surface area contributed by atoms with Gasteiger partial charge in [-0.05, 0) is 29.3 Å². The van der Waals surface area contributed by atoms with Crippen LogP contribution < -0.4 is 9.47 Å². The maximum Gasteiger partial charge on any atom is 0.343 e. The van der Waals surface area contributed by atoms with Gasteiger partial charge in [0, 0.05) is 4.47 Å². The quantitative estimate of drug-likeness (QED) is 0.312. The molecular formula is C21H18BrNO5S2. The van der Waals surface area contributed by atoms with E-state index in [2.05, 4.69) is 20.7 Å². The fourth-order valence-corrected chi connectivity index (χ4v) is 4.36. The molecule has 1 amide bonds. The number of ether oxygens (including phenoxy) is 3. The monoisotopic (exact) mass is 507 g/mol. The summed E-state index contributed by atoms with van der Waals surface area (Å²) in [6, 6.07) is 13.1. The molecule has 0 saturated carbocycles. The number of nitrogens with zero attached hydrogens (tertiary/aromatic N) is 1. The van der Waals surface area contributed by atoms with Gasteiger partial charge in [-0.25, -0.2) is 4.79 Å². The van der Waals surface area contributed by atoms with E-state index in [0.717, 1.165) is 11.1 Å². The fourth-order valence-electron chi connectivity index (χ4n) is 2.67. The third-order valence-electron chi connectivity index (χ3n) is 4.20. The van der Waals surface area contributed by atoms with Crippen molar-refractivity contribution in [3.8, 4) is 11.5 Å². The van der Waals surface area contributed by atoms with Crippen LogP contribution in [0.5, 0.6) is 11.5 Å². The largest absolute Gasteiger partial charge is 0.493 e. The van der Waals surface area contributed by atoms with Crippen molar-refractivity contribution in [1.82, 2.24) is 4.90 Å². The molecule has 2 aromatic carbocycles. The van der Waals surface area contributed by atoms with Crippen molar-refractivity contribution in [2.75, 3.05) is 20.8 Å². The number of rotatable bonds is 7. The molecule has 1 saturated heterocycles. The first kappa shape index (κ1) is 22.3. The Bertz CT molecular complexity index is 1010. The van der Waals surface area contributed by atoms with Crippen molar-refractivity contribution < 1.29 is 23.8 Å². The summed E-state index contributed by atoms with van der Waals surface area (Å²) in [5.74, 6) is 0.154. The van der Waals surface area contributed by atoms with E-state index in [4.69, 9.17) is 21.7 Å². The predicted octanol–water partition coefficient (Wildman–Crippen LogP) is 4.41. The van der Waals surface area contributed by atoms with Crippen LogP contribution in [-0.2, 0) is 20.9 Å². The van der Waals surface area contributed by atoms with Crippen molar-refractivity contribution in [3.63, 3.8) is 0 Å². The Morgan fingerprint density at radius 2 is 1.93 bits per heavy atom. The first-order chi connectivity index (χ1) is 14.4. The Morgan fingerprint density at radius 1 is 1.20 bits per heavy atom. The lowest BCUT2D eigenvalue weighted by Gasteiger charge is -2.14. The van der Waals surface area contributed by atoms with E-state index in [1.165, 1.54) is 26.0 Å². The van der Waals surface area contributed by atoms with E-state index in [0.29, 0.717) is 31.7 Å².